The fraction of sp³-hybridized carbons (Fsp3) is 0.842. The van der Waals surface area contributed by atoms with Crippen molar-refractivity contribution < 1.29 is 9.53 Å². The second-order valence-corrected chi connectivity index (χ2v) is 10.9. The summed E-state index contributed by atoms with van der Waals surface area (Å²) in [5, 5.41) is 0. The van der Waals surface area contributed by atoms with E-state index in [2.05, 4.69) is 0 Å². The highest BCUT2D eigenvalue weighted by Crippen LogP contribution is 2.13. The van der Waals surface area contributed by atoms with Crippen molar-refractivity contribution in [1.29, 1.82) is 0 Å². The molecule has 0 unspecified atom stereocenters. The van der Waals surface area contributed by atoms with Crippen LogP contribution in [0.15, 0.2) is 12.2 Å². The Bertz CT molecular complexity index is 310. The number of alkyl halides is 2. The highest BCUT2D eigenvalue weighted by atomic mass is 35.5. The van der Waals surface area contributed by atoms with E-state index in [1.54, 1.807) is 6.08 Å². The Labute approximate surface area is 161 Å². The Kier molecular flexibility index (Phi) is 19.3. The third kappa shape index (κ3) is 20.1. The summed E-state index contributed by atoms with van der Waals surface area (Å²) in [6.45, 7) is 2.38. The van der Waals surface area contributed by atoms with Gasteiger partial charge in [0.1, 0.15) is 0 Å². The van der Waals surface area contributed by atoms with E-state index in [1.165, 1.54) is 76.3 Å². The van der Waals surface area contributed by atoms with Gasteiger partial charge in [0.25, 0.3) is 0 Å². The lowest BCUT2D eigenvalue weighted by Gasteiger charge is -2.04. The molecule has 0 fully saturated rings. The molecule has 24 heavy (non-hydrogen) atoms. The normalized spacial score (nSPS) is 12.0. The monoisotopic (exact) mass is 394 g/mol. The van der Waals surface area contributed by atoms with Gasteiger partial charge in [-0.1, -0.05) is 82.7 Å². The van der Waals surface area contributed by atoms with Crippen LogP contribution in [0, 0.1) is 0 Å². The van der Waals surface area contributed by atoms with Crippen molar-refractivity contribution in [3.8, 4) is 0 Å². The van der Waals surface area contributed by atoms with Gasteiger partial charge in [0, 0.05) is 6.08 Å². The van der Waals surface area contributed by atoms with E-state index >= 15 is 0 Å². The summed E-state index contributed by atoms with van der Waals surface area (Å²) in [4.78, 5) is 11.1. The van der Waals surface area contributed by atoms with Crippen LogP contribution < -0.4 is 0 Å². The average molecular weight is 395 g/mol. The Morgan fingerprint density at radius 1 is 0.875 bits per heavy atom. The highest BCUT2D eigenvalue weighted by molar-refractivity contribution is 6.68. The van der Waals surface area contributed by atoms with Gasteiger partial charge >= 0.3 is 5.97 Å². The zero-order chi connectivity index (χ0) is 17.9. The van der Waals surface area contributed by atoms with E-state index in [9.17, 15) is 4.79 Å². The van der Waals surface area contributed by atoms with Gasteiger partial charge in [-0.25, -0.2) is 4.79 Å². The topological polar surface area (TPSA) is 26.3 Å². The maximum absolute atomic E-state index is 11.1. The standard InChI is InChI=1S/C19H36Cl2O2Si/c1-2-15-18(22)23-16-13-11-9-7-5-3-4-6-8-10-12-14-17-24-19(20)21/h2,15,19H,3-14,16-17,24H2,1H3. The van der Waals surface area contributed by atoms with Crippen LogP contribution in [-0.4, -0.2) is 26.6 Å². The molecule has 0 radical (unpaired) electrons. The Morgan fingerprint density at radius 3 is 1.79 bits per heavy atom. The first-order valence-corrected chi connectivity index (χ1v) is 12.4. The second-order valence-electron chi connectivity index (χ2n) is 6.44. The van der Waals surface area contributed by atoms with Crippen molar-refractivity contribution >= 4 is 38.7 Å². The molecule has 0 atom stereocenters. The largest absolute Gasteiger partial charge is 0.463 e. The molecule has 0 aliphatic rings. The molecule has 142 valence electrons. The van der Waals surface area contributed by atoms with Crippen LogP contribution >= 0.6 is 23.2 Å². The number of hydrogen-bond donors (Lipinski definition) is 0. The van der Waals surface area contributed by atoms with E-state index < -0.39 is 0 Å². The molecule has 5 heteroatoms. The Balaban J connectivity index is 3.06. The van der Waals surface area contributed by atoms with Gasteiger partial charge in [0.2, 0.25) is 0 Å². The molecule has 0 amide bonds. The second kappa shape index (κ2) is 19.3. The van der Waals surface area contributed by atoms with E-state index in [1.807, 2.05) is 6.92 Å². The maximum Gasteiger partial charge on any atom is 0.330 e. The highest BCUT2D eigenvalue weighted by Gasteiger charge is 1.99. The molecule has 0 spiro atoms. The first-order valence-electron chi connectivity index (χ1n) is 9.74. The summed E-state index contributed by atoms with van der Waals surface area (Å²) in [5.41, 5.74) is 0. The first-order chi connectivity index (χ1) is 11.7. The fourth-order valence-electron chi connectivity index (χ4n) is 2.70. The van der Waals surface area contributed by atoms with Gasteiger partial charge < -0.3 is 4.74 Å². The van der Waals surface area contributed by atoms with Gasteiger partial charge in [-0.15, -0.1) is 23.2 Å². The number of ether oxygens (including phenoxy) is 1. The minimum atomic E-state index is -0.220. The lowest BCUT2D eigenvalue weighted by atomic mass is 10.1. The number of carbonyl (C=O) groups excluding carboxylic acids is 1. The van der Waals surface area contributed by atoms with E-state index in [0.29, 0.717) is 6.61 Å². The Morgan fingerprint density at radius 2 is 1.33 bits per heavy atom. The van der Waals surface area contributed by atoms with Crippen LogP contribution in [-0.2, 0) is 9.53 Å². The van der Waals surface area contributed by atoms with E-state index in [-0.39, 0.29) is 19.9 Å². The van der Waals surface area contributed by atoms with Crippen molar-refractivity contribution in [2.75, 3.05) is 6.61 Å². The van der Waals surface area contributed by atoms with Gasteiger partial charge in [-0.3, -0.25) is 0 Å². The lowest BCUT2D eigenvalue weighted by molar-refractivity contribution is -0.137. The molecule has 0 saturated heterocycles. The lowest BCUT2D eigenvalue weighted by Crippen LogP contribution is -2.01. The van der Waals surface area contributed by atoms with Crippen LogP contribution in [0.3, 0.4) is 0 Å². The average Bonchev–Trinajstić information content (AvgIpc) is 2.54. The number of rotatable bonds is 17. The summed E-state index contributed by atoms with van der Waals surface area (Å²) in [5.74, 6) is -0.220. The van der Waals surface area contributed by atoms with Crippen LogP contribution in [0.1, 0.15) is 84.0 Å². The number of unbranched alkanes of at least 4 members (excludes halogenated alkanes) is 11. The van der Waals surface area contributed by atoms with Gasteiger partial charge in [0.15, 0.2) is 0 Å². The van der Waals surface area contributed by atoms with E-state index in [4.69, 9.17) is 27.9 Å². The predicted octanol–water partition coefficient (Wildman–Crippen LogP) is 6.14. The minimum absolute atomic E-state index is 0.0433. The molecule has 0 heterocycles. The minimum Gasteiger partial charge on any atom is -0.463 e. The molecule has 0 bridgehead atoms. The number of allylic oxidation sites excluding steroid dienone is 1. The summed E-state index contributed by atoms with van der Waals surface area (Å²) < 4.78 is 5.02. The van der Waals surface area contributed by atoms with Crippen molar-refractivity contribution in [3.05, 3.63) is 12.2 Å². The third-order valence-corrected chi connectivity index (χ3v) is 6.77. The van der Waals surface area contributed by atoms with Crippen LogP contribution in [0.25, 0.3) is 0 Å². The molecular formula is C19H36Cl2O2Si. The quantitative estimate of drug-likeness (QED) is 0.0973. The van der Waals surface area contributed by atoms with E-state index in [0.717, 1.165) is 12.8 Å². The zero-order valence-electron chi connectivity index (χ0n) is 15.4. The molecule has 0 aliphatic heterocycles. The molecule has 0 rings (SSSR count). The summed E-state index contributed by atoms with van der Waals surface area (Å²) in [6.07, 6.45) is 18.8. The summed E-state index contributed by atoms with van der Waals surface area (Å²) in [6, 6.07) is 1.30. The maximum atomic E-state index is 11.1. The van der Waals surface area contributed by atoms with Crippen molar-refractivity contribution in [1.82, 2.24) is 0 Å². The molecule has 0 aromatic heterocycles. The van der Waals surface area contributed by atoms with Crippen molar-refractivity contribution in [3.63, 3.8) is 0 Å². The SMILES string of the molecule is CC=CC(=O)OCCCCCCCCCCCCCC[SiH2]C(Cl)Cl. The first kappa shape index (κ1) is 24.0. The molecular weight excluding hydrogens is 359 g/mol. The molecule has 0 aliphatic carbocycles. The number of carbonyl (C=O) groups is 1. The Hall–Kier alpha value is 0.00688. The number of halogens is 2. The van der Waals surface area contributed by atoms with Crippen molar-refractivity contribution in [2.24, 2.45) is 0 Å². The van der Waals surface area contributed by atoms with Crippen LogP contribution in [0.5, 0.6) is 0 Å². The van der Waals surface area contributed by atoms with Crippen molar-refractivity contribution in [2.45, 2.75) is 94.5 Å². The van der Waals surface area contributed by atoms with Gasteiger partial charge in [-0.2, -0.15) is 0 Å². The molecule has 0 N–H and O–H groups in total. The predicted molar refractivity (Wildman–Crippen MR) is 110 cm³/mol. The number of hydrogen-bond acceptors (Lipinski definition) is 2. The van der Waals surface area contributed by atoms with Gasteiger partial charge in [-0.05, 0) is 13.3 Å². The zero-order valence-corrected chi connectivity index (χ0v) is 18.3. The smallest absolute Gasteiger partial charge is 0.330 e. The van der Waals surface area contributed by atoms with Gasteiger partial charge in [0.05, 0.1) is 20.6 Å². The third-order valence-electron chi connectivity index (χ3n) is 4.11. The summed E-state index contributed by atoms with van der Waals surface area (Å²) >= 11 is 11.5. The van der Waals surface area contributed by atoms with Crippen LogP contribution in [0.2, 0.25) is 6.04 Å². The molecule has 0 aromatic rings. The molecule has 0 aromatic carbocycles. The molecule has 0 saturated carbocycles. The number of esters is 1. The summed E-state index contributed by atoms with van der Waals surface area (Å²) in [7, 11) is -0.219. The van der Waals surface area contributed by atoms with Crippen LogP contribution in [0.4, 0.5) is 0 Å². The fourth-order valence-corrected chi connectivity index (χ4v) is 4.58. The molecule has 2 nitrogen and oxygen atoms in total.